The molecule has 0 saturated heterocycles. The highest BCUT2D eigenvalue weighted by molar-refractivity contribution is 5.94. The second kappa shape index (κ2) is 10.1. The van der Waals surface area contributed by atoms with E-state index in [-0.39, 0.29) is 19.0 Å². The number of aromatic nitrogens is 2. The maximum absolute atomic E-state index is 13.8. The molecule has 0 spiro atoms. The zero-order valence-electron chi connectivity index (χ0n) is 18.9. The van der Waals surface area contributed by atoms with Gasteiger partial charge in [0, 0.05) is 20.1 Å². The molecule has 1 unspecified atom stereocenters. The van der Waals surface area contributed by atoms with Crippen LogP contribution in [0.15, 0.2) is 29.1 Å². The Morgan fingerprint density at radius 1 is 1.21 bits per heavy atom. The van der Waals surface area contributed by atoms with E-state index in [0.717, 1.165) is 6.42 Å². The summed E-state index contributed by atoms with van der Waals surface area (Å²) >= 11 is 0. The summed E-state index contributed by atoms with van der Waals surface area (Å²) < 4.78 is 20.5. The van der Waals surface area contributed by atoms with Gasteiger partial charge in [-0.1, -0.05) is 18.2 Å². The van der Waals surface area contributed by atoms with E-state index < -0.39 is 40.9 Å². The number of aromatic hydroxyl groups is 1. The quantitative estimate of drug-likeness (QED) is 0.612. The molecular weight excluding hydrogens is 443 g/mol. The molecule has 1 aromatic heterocycles. The monoisotopic (exact) mass is 470 g/mol. The van der Waals surface area contributed by atoms with Gasteiger partial charge in [-0.3, -0.25) is 14.2 Å². The molecule has 0 radical (unpaired) electrons. The van der Waals surface area contributed by atoms with E-state index in [1.54, 1.807) is 19.2 Å². The second-order valence-corrected chi connectivity index (χ2v) is 8.43. The number of carbonyl (C=O) groups is 2. The molecule has 2 N–H and O–H groups in total. The molecule has 34 heavy (non-hydrogen) atoms. The molecule has 3 heterocycles. The topological polar surface area (TPSA) is 114 Å². The Kier molecular flexibility index (Phi) is 6.95. The van der Waals surface area contributed by atoms with Crippen LogP contribution in [0.25, 0.3) is 6.08 Å². The van der Waals surface area contributed by atoms with Crippen molar-refractivity contribution in [1.29, 1.82) is 0 Å². The molecule has 0 aliphatic carbocycles. The number of benzene rings is 1. The molecule has 2 aliphatic heterocycles. The number of hydrogen-bond acceptors (Lipinski definition) is 6. The van der Waals surface area contributed by atoms with Gasteiger partial charge in [-0.15, -0.1) is 0 Å². The highest BCUT2D eigenvalue weighted by Crippen LogP contribution is 2.29. The van der Waals surface area contributed by atoms with E-state index in [1.807, 2.05) is 6.08 Å². The minimum absolute atomic E-state index is 0.0449. The third-order valence-electron chi connectivity index (χ3n) is 6.14. The first-order valence-electron chi connectivity index (χ1n) is 11.3. The number of allylic oxidation sites excluding steroid dienone is 1. The summed E-state index contributed by atoms with van der Waals surface area (Å²) in [4.78, 5) is 44.3. The summed E-state index contributed by atoms with van der Waals surface area (Å²) in [5.41, 5.74) is 0.103. The van der Waals surface area contributed by atoms with Crippen LogP contribution in [0.3, 0.4) is 0 Å². The molecule has 2 bridgehead atoms. The van der Waals surface area contributed by atoms with Crippen LogP contribution >= 0.6 is 0 Å². The predicted molar refractivity (Wildman–Crippen MR) is 122 cm³/mol. The standard InChI is InChI=1S/C24H27FN4O5/c1-28-18-8-4-5-11-29-21(18)27-19(20(30)23(29)32)22(31)26-14-16-9-10-17(25)13-15(16)7-3-2-6-12-34-24(28)33/h3,7,9-10,13,18,30H,2,4-6,8,11-12,14H2,1H3,(H,26,31)/b7-3+. The Balaban J connectivity index is 1.77. The number of nitrogens with one attached hydrogen (secondary N) is 1. The van der Waals surface area contributed by atoms with Crippen molar-refractivity contribution >= 4 is 18.1 Å². The summed E-state index contributed by atoms with van der Waals surface area (Å²) in [6.45, 7) is 0.557. The van der Waals surface area contributed by atoms with E-state index in [9.17, 15) is 23.9 Å². The van der Waals surface area contributed by atoms with Crippen molar-refractivity contribution in [2.24, 2.45) is 0 Å². The smallest absolute Gasteiger partial charge is 0.410 e. The Bertz CT molecular complexity index is 1190. The minimum atomic E-state index is -0.746. The second-order valence-electron chi connectivity index (χ2n) is 8.43. The van der Waals surface area contributed by atoms with E-state index in [2.05, 4.69) is 10.3 Å². The number of hydrogen-bond donors (Lipinski definition) is 2. The fourth-order valence-electron chi connectivity index (χ4n) is 4.23. The fourth-order valence-corrected chi connectivity index (χ4v) is 4.23. The van der Waals surface area contributed by atoms with Crippen LogP contribution < -0.4 is 10.9 Å². The number of amides is 2. The zero-order valence-corrected chi connectivity index (χ0v) is 18.9. The number of halogens is 1. The number of nitrogens with zero attached hydrogens (tertiary/aromatic N) is 3. The van der Waals surface area contributed by atoms with Crippen molar-refractivity contribution in [2.75, 3.05) is 13.7 Å². The molecule has 2 aliphatic rings. The van der Waals surface area contributed by atoms with Crippen LogP contribution in [-0.4, -0.2) is 45.2 Å². The van der Waals surface area contributed by atoms with Gasteiger partial charge in [0.05, 0.1) is 12.6 Å². The summed E-state index contributed by atoms with van der Waals surface area (Å²) in [5.74, 6) is -1.67. The predicted octanol–water partition coefficient (Wildman–Crippen LogP) is 3.12. The van der Waals surface area contributed by atoms with E-state index in [0.29, 0.717) is 43.4 Å². The van der Waals surface area contributed by atoms with Crippen LogP contribution in [0.2, 0.25) is 0 Å². The van der Waals surface area contributed by atoms with Crippen LogP contribution in [0.4, 0.5) is 9.18 Å². The van der Waals surface area contributed by atoms with Gasteiger partial charge in [-0.05, 0) is 55.4 Å². The van der Waals surface area contributed by atoms with Gasteiger partial charge >= 0.3 is 6.09 Å². The highest BCUT2D eigenvalue weighted by Gasteiger charge is 2.32. The number of cyclic esters (lactones) is 1. The van der Waals surface area contributed by atoms with Crippen LogP contribution in [0, 0.1) is 5.82 Å². The van der Waals surface area contributed by atoms with Gasteiger partial charge in [0.1, 0.15) is 11.6 Å². The van der Waals surface area contributed by atoms with Crippen LogP contribution in [-0.2, 0) is 17.8 Å². The maximum atomic E-state index is 13.8. The lowest BCUT2D eigenvalue weighted by Crippen LogP contribution is -2.37. The molecule has 4 rings (SSSR count). The van der Waals surface area contributed by atoms with Crippen molar-refractivity contribution in [2.45, 2.75) is 51.2 Å². The molecule has 0 saturated carbocycles. The lowest BCUT2D eigenvalue weighted by atomic mass is 10.1. The summed E-state index contributed by atoms with van der Waals surface area (Å²) in [6.07, 6.45) is 6.15. The maximum Gasteiger partial charge on any atom is 0.410 e. The van der Waals surface area contributed by atoms with Crippen LogP contribution in [0.5, 0.6) is 5.75 Å². The minimum Gasteiger partial charge on any atom is -0.501 e. The highest BCUT2D eigenvalue weighted by atomic mass is 19.1. The Morgan fingerprint density at radius 3 is 2.85 bits per heavy atom. The molecule has 0 fully saturated rings. The van der Waals surface area contributed by atoms with Crippen molar-refractivity contribution < 1.29 is 23.8 Å². The van der Waals surface area contributed by atoms with Gasteiger partial charge in [0.15, 0.2) is 5.69 Å². The molecule has 1 atom stereocenters. The SMILES string of the molecule is CN1C(=O)OCCC/C=C/c2cc(F)ccc2CNC(=O)c2nc3n(c(=O)c2O)CCCCC31. The Morgan fingerprint density at radius 2 is 2.03 bits per heavy atom. The average molecular weight is 471 g/mol. The Labute approximate surface area is 195 Å². The van der Waals surface area contributed by atoms with Gasteiger partial charge < -0.3 is 20.1 Å². The van der Waals surface area contributed by atoms with Gasteiger partial charge in [-0.2, -0.15) is 0 Å². The van der Waals surface area contributed by atoms with Crippen molar-refractivity contribution in [3.63, 3.8) is 0 Å². The lowest BCUT2D eigenvalue weighted by Gasteiger charge is -2.27. The average Bonchev–Trinajstić information content (AvgIpc) is 3.04. The van der Waals surface area contributed by atoms with Crippen molar-refractivity contribution in [3.8, 4) is 5.75 Å². The normalized spacial score (nSPS) is 20.4. The molecule has 9 nitrogen and oxygen atoms in total. The molecule has 2 aromatic rings. The van der Waals surface area contributed by atoms with E-state index in [4.69, 9.17) is 4.74 Å². The number of carbonyl (C=O) groups excluding carboxylic acids is 2. The van der Waals surface area contributed by atoms with Gasteiger partial charge in [0.2, 0.25) is 5.75 Å². The largest absolute Gasteiger partial charge is 0.501 e. The first kappa shape index (κ1) is 23.5. The lowest BCUT2D eigenvalue weighted by molar-refractivity contribution is 0.0917. The van der Waals surface area contributed by atoms with E-state index >= 15 is 0 Å². The van der Waals surface area contributed by atoms with Crippen molar-refractivity contribution in [1.82, 2.24) is 19.8 Å². The first-order chi connectivity index (χ1) is 16.4. The summed E-state index contributed by atoms with van der Waals surface area (Å²) in [6, 6.07) is 3.63. The third-order valence-corrected chi connectivity index (χ3v) is 6.14. The fraction of sp³-hybridized carbons (Fsp3) is 0.417. The zero-order chi connectivity index (χ0) is 24.2. The number of fused-ring (bicyclic) bond motifs is 2. The summed E-state index contributed by atoms with van der Waals surface area (Å²) in [5, 5.41) is 13.2. The molecule has 10 heteroatoms. The summed E-state index contributed by atoms with van der Waals surface area (Å²) in [7, 11) is 1.57. The van der Waals surface area contributed by atoms with E-state index in [1.165, 1.54) is 21.6 Å². The number of ether oxygens (including phenoxy) is 1. The number of rotatable bonds is 0. The Hall–Kier alpha value is -3.69. The third kappa shape index (κ3) is 4.80. The van der Waals surface area contributed by atoms with Crippen LogP contribution in [0.1, 0.15) is 65.6 Å². The molecular formula is C24H27FN4O5. The molecule has 180 valence electrons. The first-order valence-corrected chi connectivity index (χ1v) is 11.3. The molecule has 1 aromatic carbocycles. The van der Waals surface area contributed by atoms with Gasteiger partial charge in [-0.25, -0.2) is 14.2 Å². The van der Waals surface area contributed by atoms with Gasteiger partial charge in [0.25, 0.3) is 11.5 Å². The molecule has 2 amide bonds. The van der Waals surface area contributed by atoms with Crippen molar-refractivity contribution in [3.05, 3.63) is 63.1 Å².